The number of hydrogen-bond donors (Lipinski definition) is 0. The number of carbonyl (C=O) groups excluding carboxylic acids is 1. The molecule has 0 aliphatic rings. The van der Waals surface area contributed by atoms with Gasteiger partial charge in [0, 0.05) is 33.1 Å². The Balaban J connectivity index is 2.92. The topological polar surface area (TPSA) is 42.3 Å². The largest absolute Gasteiger partial charge is 0.364 e. The van der Waals surface area contributed by atoms with Crippen molar-refractivity contribution in [3.63, 3.8) is 0 Å². The van der Waals surface area contributed by atoms with E-state index in [1.54, 1.807) is 10.6 Å². The lowest BCUT2D eigenvalue weighted by Gasteiger charge is -2.18. The second-order valence-corrected chi connectivity index (χ2v) is 3.58. The van der Waals surface area contributed by atoms with Gasteiger partial charge in [0.25, 0.3) is 5.56 Å². The summed E-state index contributed by atoms with van der Waals surface area (Å²) in [6.07, 6.45) is 2.08. The minimum atomic E-state index is -0.0212. The maximum Gasteiger partial charge on any atom is 0.252 e. The molecular formula is C11H16N2O2. The number of carbonyl (C=O) groups is 1. The number of unbranched alkanes of at least 4 members (excludes halogenated alkanes) is 1. The highest BCUT2D eigenvalue weighted by atomic mass is 16.1. The zero-order chi connectivity index (χ0) is 11.3. The summed E-state index contributed by atoms with van der Waals surface area (Å²) in [5, 5.41) is 0. The zero-order valence-corrected chi connectivity index (χ0v) is 9.14. The standard InChI is InChI=1S/C11H16N2O2/c1-12(2)10-6-5-7-11(15)13(10)8-3-4-9-14/h5-7,9H,3-4,8H2,1-2H3. The third kappa shape index (κ3) is 2.94. The van der Waals surface area contributed by atoms with Crippen molar-refractivity contribution in [2.75, 3.05) is 19.0 Å². The van der Waals surface area contributed by atoms with E-state index in [0.717, 1.165) is 12.1 Å². The number of nitrogens with zero attached hydrogens (tertiary/aromatic N) is 2. The van der Waals surface area contributed by atoms with E-state index in [1.165, 1.54) is 6.07 Å². The van der Waals surface area contributed by atoms with Crippen molar-refractivity contribution < 1.29 is 4.79 Å². The van der Waals surface area contributed by atoms with Gasteiger partial charge >= 0.3 is 0 Å². The van der Waals surface area contributed by atoms with Crippen LogP contribution in [0, 0.1) is 0 Å². The van der Waals surface area contributed by atoms with Crippen molar-refractivity contribution >= 4 is 12.1 Å². The molecule has 1 rings (SSSR count). The SMILES string of the molecule is CN(C)c1cccc(=O)n1CCCC=O. The molecule has 0 bridgehead atoms. The predicted molar refractivity (Wildman–Crippen MR) is 60.3 cm³/mol. The van der Waals surface area contributed by atoms with Crippen LogP contribution in [0.2, 0.25) is 0 Å². The number of aromatic nitrogens is 1. The molecule has 0 unspecified atom stereocenters. The maximum absolute atomic E-state index is 11.6. The lowest BCUT2D eigenvalue weighted by atomic mass is 10.3. The lowest BCUT2D eigenvalue weighted by molar-refractivity contribution is -0.107. The second-order valence-electron chi connectivity index (χ2n) is 3.58. The Morgan fingerprint density at radius 2 is 2.13 bits per heavy atom. The average Bonchev–Trinajstić information content (AvgIpc) is 2.20. The Kier molecular flexibility index (Phi) is 4.09. The molecule has 0 radical (unpaired) electrons. The van der Waals surface area contributed by atoms with Crippen molar-refractivity contribution in [1.29, 1.82) is 0 Å². The Hall–Kier alpha value is -1.58. The van der Waals surface area contributed by atoms with Gasteiger partial charge in [0.1, 0.15) is 12.1 Å². The van der Waals surface area contributed by atoms with Crippen molar-refractivity contribution in [1.82, 2.24) is 4.57 Å². The normalized spacial score (nSPS) is 10.0. The number of aldehydes is 1. The van der Waals surface area contributed by atoms with E-state index < -0.39 is 0 Å². The highest BCUT2D eigenvalue weighted by Gasteiger charge is 2.04. The molecule has 0 saturated carbocycles. The second kappa shape index (κ2) is 5.34. The lowest BCUT2D eigenvalue weighted by Crippen LogP contribution is -2.26. The van der Waals surface area contributed by atoms with Crippen molar-refractivity contribution in [2.24, 2.45) is 0 Å². The third-order valence-electron chi connectivity index (χ3n) is 2.19. The molecule has 82 valence electrons. The first kappa shape index (κ1) is 11.5. The van der Waals surface area contributed by atoms with Gasteiger partial charge in [-0.05, 0) is 12.5 Å². The summed E-state index contributed by atoms with van der Waals surface area (Å²) in [6, 6.07) is 5.17. The molecule has 0 aromatic carbocycles. The van der Waals surface area contributed by atoms with E-state index in [-0.39, 0.29) is 5.56 Å². The summed E-state index contributed by atoms with van der Waals surface area (Å²) in [4.78, 5) is 23.7. The van der Waals surface area contributed by atoms with Crippen molar-refractivity contribution in [2.45, 2.75) is 19.4 Å². The fourth-order valence-corrected chi connectivity index (χ4v) is 1.46. The Bertz CT molecular complexity index is 382. The molecule has 1 aromatic rings. The fourth-order valence-electron chi connectivity index (χ4n) is 1.46. The van der Waals surface area contributed by atoms with Crippen LogP contribution in [0.4, 0.5) is 5.82 Å². The Morgan fingerprint density at radius 1 is 1.40 bits per heavy atom. The molecule has 0 spiro atoms. The summed E-state index contributed by atoms with van der Waals surface area (Å²) < 4.78 is 1.68. The molecule has 0 aliphatic carbocycles. The van der Waals surface area contributed by atoms with Gasteiger partial charge in [0.05, 0.1) is 0 Å². The third-order valence-corrected chi connectivity index (χ3v) is 2.19. The molecule has 0 N–H and O–H groups in total. The molecule has 0 amide bonds. The molecule has 1 aromatic heterocycles. The van der Waals surface area contributed by atoms with Crippen LogP contribution in [0.3, 0.4) is 0 Å². The van der Waals surface area contributed by atoms with Crippen LogP contribution in [0.5, 0.6) is 0 Å². The molecule has 4 nitrogen and oxygen atoms in total. The van der Waals surface area contributed by atoms with E-state index in [9.17, 15) is 9.59 Å². The highest BCUT2D eigenvalue weighted by molar-refractivity contribution is 5.49. The smallest absolute Gasteiger partial charge is 0.252 e. The minimum Gasteiger partial charge on any atom is -0.364 e. The number of hydrogen-bond acceptors (Lipinski definition) is 3. The van der Waals surface area contributed by atoms with Gasteiger partial charge in [-0.15, -0.1) is 0 Å². The van der Waals surface area contributed by atoms with Gasteiger partial charge in [-0.25, -0.2) is 0 Å². The van der Waals surface area contributed by atoms with E-state index in [1.807, 2.05) is 25.1 Å². The van der Waals surface area contributed by atoms with Crippen LogP contribution in [0.15, 0.2) is 23.0 Å². The van der Waals surface area contributed by atoms with E-state index in [4.69, 9.17) is 0 Å². The number of pyridine rings is 1. The summed E-state index contributed by atoms with van der Waals surface area (Å²) in [7, 11) is 3.79. The molecular weight excluding hydrogens is 192 g/mol. The molecule has 0 fully saturated rings. The molecule has 0 saturated heterocycles. The number of anilines is 1. The summed E-state index contributed by atoms with van der Waals surface area (Å²) in [6.45, 7) is 0.589. The van der Waals surface area contributed by atoms with Crippen LogP contribution in [0.25, 0.3) is 0 Å². The van der Waals surface area contributed by atoms with Crippen LogP contribution in [-0.4, -0.2) is 24.9 Å². The van der Waals surface area contributed by atoms with Crippen LogP contribution >= 0.6 is 0 Å². The summed E-state index contributed by atoms with van der Waals surface area (Å²) in [5.41, 5.74) is -0.0212. The monoisotopic (exact) mass is 208 g/mol. The maximum atomic E-state index is 11.6. The first-order valence-corrected chi connectivity index (χ1v) is 4.97. The quantitative estimate of drug-likeness (QED) is 0.533. The van der Waals surface area contributed by atoms with Gasteiger partial charge < -0.3 is 9.69 Å². The van der Waals surface area contributed by atoms with Crippen LogP contribution in [0.1, 0.15) is 12.8 Å². The summed E-state index contributed by atoms with van der Waals surface area (Å²) in [5.74, 6) is 0.869. The zero-order valence-electron chi connectivity index (χ0n) is 9.14. The van der Waals surface area contributed by atoms with Crippen molar-refractivity contribution in [3.05, 3.63) is 28.6 Å². The van der Waals surface area contributed by atoms with Gasteiger partial charge in [0.2, 0.25) is 0 Å². The van der Waals surface area contributed by atoms with Gasteiger partial charge in [-0.3, -0.25) is 9.36 Å². The molecule has 0 atom stereocenters. The Labute approximate surface area is 89.1 Å². The van der Waals surface area contributed by atoms with Gasteiger partial charge in [0.15, 0.2) is 0 Å². The Morgan fingerprint density at radius 3 is 2.73 bits per heavy atom. The van der Waals surface area contributed by atoms with Crippen LogP contribution < -0.4 is 10.5 Å². The average molecular weight is 208 g/mol. The highest BCUT2D eigenvalue weighted by Crippen LogP contribution is 2.08. The van der Waals surface area contributed by atoms with E-state index >= 15 is 0 Å². The van der Waals surface area contributed by atoms with Crippen molar-refractivity contribution in [3.8, 4) is 0 Å². The van der Waals surface area contributed by atoms with E-state index in [2.05, 4.69) is 0 Å². The summed E-state index contributed by atoms with van der Waals surface area (Å²) >= 11 is 0. The molecule has 15 heavy (non-hydrogen) atoms. The fraction of sp³-hybridized carbons (Fsp3) is 0.455. The predicted octanol–water partition coefficient (Wildman–Crippen LogP) is 0.893. The number of rotatable bonds is 5. The van der Waals surface area contributed by atoms with Gasteiger partial charge in [-0.2, -0.15) is 0 Å². The molecule has 4 heteroatoms. The molecule has 1 heterocycles. The van der Waals surface area contributed by atoms with E-state index in [0.29, 0.717) is 19.4 Å². The first-order valence-electron chi connectivity index (χ1n) is 4.97. The molecule has 0 aliphatic heterocycles. The van der Waals surface area contributed by atoms with Crippen LogP contribution in [-0.2, 0) is 11.3 Å². The van der Waals surface area contributed by atoms with Gasteiger partial charge in [-0.1, -0.05) is 6.07 Å². The minimum absolute atomic E-state index is 0.0212. The first-order chi connectivity index (χ1) is 7.16.